The minimum atomic E-state index is -0.972. The zero-order valence-corrected chi connectivity index (χ0v) is 13.1. The van der Waals surface area contributed by atoms with Crippen LogP contribution in [0.5, 0.6) is 0 Å². The summed E-state index contributed by atoms with van der Waals surface area (Å²) in [5.74, 6) is -1.92. The summed E-state index contributed by atoms with van der Waals surface area (Å²) >= 11 is 0. The van der Waals surface area contributed by atoms with Crippen LogP contribution in [0.2, 0.25) is 0 Å². The lowest BCUT2D eigenvalue weighted by molar-refractivity contribution is -0.384. The molecule has 8 heteroatoms. The molecule has 25 heavy (non-hydrogen) atoms. The Morgan fingerprint density at radius 3 is 2.72 bits per heavy atom. The number of nitrogens with zero attached hydrogens (tertiary/aromatic N) is 1. The molecule has 1 aliphatic heterocycles. The number of aliphatic hydroxyl groups is 1. The first kappa shape index (κ1) is 17.2. The molecule has 1 saturated heterocycles. The summed E-state index contributed by atoms with van der Waals surface area (Å²) in [7, 11) is 0. The summed E-state index contributed by atoms with van der Waals surface area (Å²) in [6, 6.07) is 7.46. The average molecular weight is 350 g/mol. The third-order valence-corrected chi connectivity index (χ3v) is 4.15. The number of anilines is 1. The Bertz CT molecular complexity index is 800. The van der Waals surface area contributed by atoms with Crippen molar-refractivity contribution in [3.8, 4) is 0 Å². The molecule has 6 nitrogen and oxygen atoms in total. The summed E-state index contributed by atoms with van der Waals surface area (Å²) in [6.07, 6.45) is -0.0167. The first-order valence-electron chi connectivity index (χ1n) is 7.71. The molecule has 2 aromatic rings. The average Bonchev–Trinajstić information content (AvgIpc) is 3.05. The normalized spacial score (nSPS) is 19.8. The molecule has 0 aromatic heterocycles. The minimum absolute atomic E-state index is 0.131. The molecule has 132 valence electrons. The van der Waals surface area contributed by atoms with Crippen LogP contribution in [-0.2, 0) is 11.3 Å². The van der Waals surface area contributed by atoms with Crippen LogP contribution in [0.1, 0.15) is 23.7 Å². The number of hydrogen-bond acceptors (Lipinski definition) is 5. The maximum Gasteiger partial charge on any atom is 0.292 e. The van der Waals surface area contributed by atoms with Gasteiger partial charge in [-0.3, -0.25) is 10.1 Å². The molecule has 2 N–H and O–H groups in total. The van der Waals surface area contributed by atoms with E-state index in [0.29, 0.717) is 24.2 Å². The van der Waals surface area contributed by atoms with Crippen molar-refractivity contribution >= 4 is 11.4 Å². The molecular weight excluding hydrogens is 334 g/mol. The molecule has 0 aliphatic carbocycles. The molecule has 1 heterocycles. The van der Waals surface area contributed by atoms with E-state index in [-0.39, 0.29) is 24.0 Å². The Labute approximate surface area is 142 Å². The predicted molar refractivity (Wildman–Crippen MR) is 86.1 cm³/mol. The first-order chi connectivity index (χ1) is 12.0. The van der Waals surface area contributed by atoms with Gasteiger partial charge in [-0.1, -0.05) is 6.07 Å². The van der Waals surface area contributed by atoms with Gasteiger partial charge in [0.2, 0.25) is 0 Å². The summed E-state index contributed by atoms with van der Waals surface area (Å²) in [4.78, 5) is 10.7. The highest BCUT2D eigenvalue weighted by Gasteiger charge is 2.31. The van der Waals surface area contributed by atoms with Crippen LogP contribution in [0, 0.1) is 21.7 Å². The van der Waals surface area contributed by atoms with Crippen molar-refractivity contribution in [3.05, 3.63) is 69.3 Å². The number of nitro groups is 1. The Morgan fingerprint density at radius 1 is 1.24 bits per heavy atom. The fourth-order valence-electron chi connectivity index (χ4n) is 2.91. The van der Waals surface area contributed by atoms with Crippen molar-refractivity contribution in [3.63, 3.8) is 0 Å². The number of aliphatic hydroxyl groups excluding tert-OH is 1. The molecule has 2 aromatic carbocycles. The van der Waals surface area contributed by atoms with E-state index in [1.165, 1.54) is 24.3 Å². The van der Waals surface area contributed by atoms with Gasteiger partial charge in [0.05, 0.1) is 17.6 Å². The van der Waals surface area contributed by atoms with Crippen LogP contribution < -0.4 is 5.32 Å². The van der Waals surface area contributed by atoms with E-state index in [2.05, 4.69) is 5.32 Å². The number of nitrogens with one attached hydrogen (secondary N) is 1. The molecule has 1 aliphatic rings. The van der Waals surface area contributed by atoms with Gasteiger partial charge in [0.1, 0.15) is 11.8 Å². The van der Waals surface area contributed by atoms with Crippen LogP contribution >= 0.6 is 0 Å². The van der Waals surface area contributed by atoms with Crippen LogP contribution in [-0.4, -0.2) is 22.7 Å². The fraction of sp³-hybridized carbons (Fsp3) is 0.294. The molecule has 0 radical (unpaired) electrons. The standard InChI is InChI=1S/C17H16F2N2O4/c18-12-3-2-11(8-13(12)19)17-14(5-6-25-17)20-15-7-10(9-22)1-4-16(15)21(23)24/h1-4,7-8,14,17,20,22H,5-6,9H2. The SMILES string of the molecule is O=[N+]([O-])c1ccc(CO)cc1NC1CCOC1c1ccc(F)c(F)c1. The molecule has 0 bridgehead atoms. The number of rotatable bonds is 5. The molecule has 2 unspecified atom stereocenters. The smallest absolute Gasteiger partial charge is 0.292 e. The molecular formula is C17H16F2N2O4. The van der Waals surface area contributed by atoms with E-state index in [9.17, 15) is 24.0 Å². The van der Waals surface area contributed by atoms with Gasteiger partial charge in [-0.15, -0.1) is 0 Å². The maximum atomic E-state index is 13.5. The van der Waals surface area contributed by atoms with Crippen molar-refractivity contribution in [2.24, 2.45) is 0 Å². The van der Waals surface area contributed by atoms with Gasteiger partial charge in [-0.25, -0.2) is 8.78 Å². The lowest BCUT2D eigenvalue weighted by Crippen LogP contribution is -2.24. The number of halogens is 2. The van der Waals surface area contributed by atoms with Crippen molar-refractivity contribution in [2.75, 3.05) is 11.9 Å². The summed E-state index contributed by atoms with van der Waals surface area (Å²) < 4.78 is 32.2. The van der Waals surface area contributed by atoms with Crippen LogP contribution in [0.4, 0.5) is 20.2 Å². The van der Waals surface area contributed by atoms with E-state index in [1.54, 1.807) is 0 Å². The van der Waals surface area contributed by atoms with E-state index in [0.717, 1.165) is 12.1 Å². The summed E-state index contributed by atoms with van der Waals surface area (Å²) in [5.41, 5.74) is 1.10. The van der Waals surface area contributed by atoms with E-state index >= 15 is 0 Å². The van der Waals surface area contributed by atoms with Crippen LogP contribution in [0.15, 0.2) is 36.4 Å². The third-order valence-electron chi connectivity index (χ3n) is 4.15. The van der Waals surface area contributed by atoms with Gasteiger partial charge < -0.3 is 15.2 Å². The second kappa shape index (κ2) is 7.12. The quantitative estimate of drug-likeness (QED) is 0.638. The van der Waals surface area contributed by atoms with Crippen molar-refractivity contribution < 1.29 is 23.5 Å². The lowest BCUT2D eigenvalue weighted by Gasteiger charge is -2.21. The lowest BCUT2D eigenvalue weighted by atomic mass is 10.0. The van der Waals surface area contributed by atoms with Gasteiger partial charge in [-0.05, 0) is 41.8 Å². The largest absolute Gasteiger partial charge is 0.392 e. The van der Waals surface area contributed by atoms with E-state index < -0.39 is 22.7 Å². The Kier molecular flexibility index (Phi) is 4.91. The monoisotopic (exact) mass is 350 g/mol. The highest BCUT2D eigenvalue weighted by molar-refractivity contribution is 5.63. The minimum Gasteiger partial charge on any atom is -0.392 e. The molecule has 1 fully saturated rings. The number of hydrogen-bond donors (Lipinski definition) is 2. The Hall–Kier alpha value is -2.58. The second-order valence-electron chi connectivity index (χ2n) is 5.77. The van der Waals surface area contributed by atoms with Gasteiger partial charge in [0.15, 0.2) is 11.6 Å². The first-order valence-corrected chi connectivity index (χ1v) is 7.71. The van der Waals surface area contributed by atoms with Crippen molar-refractivity contribution in [1.29, 1.82) is 0 Å². The van der Waals surface area contributed by atoms with Crippen LogP contribution in [0.3, 0.4) is 0 Å². The maximum absolute atomic E-state index is 13.5. The van der Waals surface area contributed by atoms with Gasteiger partial charge in [0.25, 0.3) is 5.69 Å². The highest BCUT2D eigenvalue weighted by atomic mass is 19.2. The molecule has 0 amide bonds. The van der Waals surface area contributed by atoms with Gasteiger partial charge >= 0.3 is 0 Å². The second-order valence-corrected chi connectivity index (χ2v) is 5.77. The Morgan fingerprint density at radius 2 is 2.04 bits per heavy atom. The molecule has 0 saturated carbocycles. The topological polar surface area (TPSA) is 84.6 Å². The molecule has 3 rings (SSSR count). The number of ether oxygens (including phenoxy) is 1. The number of benzene rings is 2. The van der Waals surface area contributed by atoms with Crippen molar-refractivity contribution in [2.45, 2.75) is 25.2 Å². The van der Waals surface area contributed by atoms with Gasteiger partial charge in [-0.2, -0.15) is 0 Å². The Balaban J connectivity index is 1.88. The summed E-state index contributed by atoms with van der Waals surface area (Å²) in [6.45, 7) is 0.134. The predicted octanol–water partition coefficient (Wildman–Crippen LogP) is 3.31. The molecule has 2 atom stereocenters. The number of nitro benzene ring substituents is 1. The van der Waals surface area contributed by atoms with Crippen molar-refractivity contribution in [1.82, 2.24) is 0 Å². The van der Waals surface area contributed by atoms with E-state index in [4.69, 9.17) is 4.74 Å². The van der Waals surface area contributed by atoms with Gasteiger partial charge in [0, 0.05) is 12.7 Å². The third kappa shape index (κ3) is 3.59. The van der Waals surface area contributed by atoms with E-state index in [1.807, 2.05) is 0 Å². The zero-order valence-electron chi connectivity index (χ0n) is 13.1. The van der Waals surface area contributed by atoms with Crippen LogP contribution in [0.25, 0.3) is 0 Å². The molecule has 0 spiro atoms. The summed E-state index contributed by atoms with van der Waals surface area (Å²) in [5, 5.41) is 23.5. The zero-order chi connectivity index (χ0) is 18.0. The highest BCUT2D eigenvalue weighted by Crippen LogP contribution is 2.35. The fourth-order valence-corrected chi connectivity index (χ4v) is 2.91.